The molecule has 2 aromatic rings. The Morgan fingerprint density at radius 1 is 1.48 bits per heavy atom. The van der Waals surface area contributed by atoms with E-state index in [1.54, 1.807) is 17.0 Å². The summed E-state index contributed by atoms with van der Waals surface area (Å²) in [4.78, 5) is 14.3. The average molecular weight is 317 g/mol. The van der Waals surface area contributed by atoms with E-state index in [2.05, 4.69) is 10.5 Å². The number of halogens is 1. The van der Waals surface area contributed by atoms with Crippen LogP contribution in [0.1, 0.15) is 48.9 Å². The second kappa shape index (κ2) is 6.40. The molecule has 122 valence electrons. The first-order chi connectivity index (χ1) is 11.0. The van der Waals surface area contributed by atoms with Crippen molar-refractivity contribution < 1.29 is 13.7 Å². The van der Waals surface area contributed by atoms with Crippen LogP contribution in [-0.4, -0.2) is 22.6 Å². The third-order valence-corrected chi connectivity index (χ3v) is 4.18. The average Bonchev–Trinajstić information content (AvgIpc) is 3.15. The van der Waals surface area contributed by atoms with Gasteiger partial charge in [0.2, 0.25) is 0 Å². The van der Waals surface area contributed by atoms with E-state index in [-0.39, 0.29) is 23.9 Å². The zero-order valence-corrected chi connectivity index (χ0v) is 13.3. The minimum absolute atomic E-state index is 0.0871. The number of urea groups is 1. The molecule has 1 aliphatic heterocycles. The second-order valence-corrected chi connectivity index (χ2v) is 5.95. The Bertz CT molecular complexity index is 701. The van der Waals surface area contributed by atoms with Gasteiger partial charge in [0.05, 0.1) is 17.8 Å². The summed E-state index contributed by atoms with van der Waals surface area (Å²) < 4.78 is 18.6. The topological polar surface area (TPSA) is 58.4 Å². The number of hydrogen-bond donors (Lipinski definition) is 1. The Hall–Kier alpha value is -2.37. The molecule has 0 saturated carbocycles. The molecule has 2 heterocycles. The Morgan fingerprint density at radius 3 is 3.00 bits per heavy atom. The van der Waals surface area contributed by atoms with E-state index in [0.29, 0.717) is 12.3 Å². The van der Waals surface area contributed by atoms with Gasteiger partial charge < -0.3 is 14.7 Å². The van der Waals surface area contributed by atoms with Crippen LogP contribution < -0.4 is 5.32 Å². The number of likely N-dealkylation sites (tertiary alicyclic amines) is 1. The molecule has 0 radical (unpaired) electrons. The molecule has 0 spiro atoms. The Balaban J connectivity index is 1.69. The fourth-order valence-corrected chi connectivity index (χ4v) is 2.97. The second-order valence-electron chi connectivity index (χ2n) is 5.95. The van der Waals surface area contributed by atoms with Crippen LogP contribution in [-0.2, 0) is 0 Å². The maximum Gasteiger partial charge on any atom is 0.318 e. The number of amides is 2. The van der Waals surface area contributed by atoms with E-state index in [9.17, 15) is 9.18 Å². The van der Waals surface area contributed by atoms with Crippen LogP contribution >= 0.6 is 0 Å². The van der Waals surface area contributed by atoms with Crippen LogP contribution in [0.4, 0.5) is 9.18 Å². The molecular weight excluding hydrogens is 297 g/mol. The standard InChI is InChI=1S/C17H20FN3O2/c1-11-9-16(23-20-11)15-7-4-8-21(15)17(22)19-12(2)13-5-3-6-14(18)10-13/h3,5-6,9-10,12,15H,4,7-8H2,1-2H3,(H,19,22)/t12-,15-/m1/s1. The molecule has 5 nitrogen and oxygen atoms in total. The molecule has 1 aromatic heterocycles. The minimum Gasteiger partial charge on any atom is -0.359 e. The third kappa shape index (κ3) is 3.36. The van der Waals surface area contributed by atoms with Gasteiger partial charge in [-0.05, 0) is 44.4 Å². The molecule has 6 heteroatoms. The molecule has 2 amide bonds. The van der Waals surface area contributed by atoms with Gasteiger partial charge in [-0.1, -0.05) is 17.3 Å². The van der Waals surface area contributed by atoms with Crippen molar-refractivity contribution in [2.45, 2.75) is 38.8 Å². The molecule has 3 rings (SSSR count). The Kier molecular flexibility index (Phi) is 4.32. The van der Waals surface area contributed by atoms with E-state index >= 15 is 0 Å². The summed E-state index contributed by atoms with van der Waals surface area (Å²) in [6, 6.07) is 7.61. The van der Waals surface area contributed by atoms with Crippen molar-refractivity contribution in [2.75, 3.05) is 6.54 Å². The highest BCUT2D eigenvalue weighted by Gasteiger charge is 2.33. The summed E-state index contributed by atoms with van der Waals surface area (Å²) in [5.74, 6) is 0.411. The van der Waals surface area contributed by atoms with Crippen molar-refractivity contribution in [1.29, 1.82) is 0 Å². The number of nitrogens with zero attached hydrogens (tertiary/aromatic N) is 2. The maximum atomic E-state index is 13.3. The number of aromatic nitrogens is 1. The zero-order valence-electron chi connectivity index (χ0n) is 13.3. The highest BCUT2D eigenvalue weighted by molar-refractivity contribution is 5.75. The lowest BCUT2D eigenvalue weighted by Gasteiger charge is -2.25. The number of carbonyl (C=O) groups excluding carboxylic acids is 1. The van der Waals surface area contributed by atoms with Gasteiger partial charge in [0.1, 0.15) is 5.82 Å². The van der Waals surface area contributed by atoms with E-state index < -0.39 is 0 Å². The number of benzene rings is 1. The van der Waals surface area contributed by atoms with Crippen molar-refractivity contribution in [3.63, 3.8) is 0 Å². The number of aryl methyl sites for hydroxylation is 1. The normalized spacial score (nSPS) is 18.9. The monoisotopic (exact) mass is 317 g/mol. The third-order valence-electron chi connectivity index (χ3n) is 4.18. The molecule has 1 fully saturated rings. The lowest BCUT2D eigenvalue weighted by atomic mass is 10.1. The van der Waals surface area contributed by atoms with Crippen molar-refractivity contribution >= 4 is 6.03 Å². The fraction of sp³-hybridized carbons (Fsp3) is 0.412. The van der Waals surface area contributed by atoms with Crippen molar-refractivity contribution in [3.05, 3.63) is 53.2 Å². The maximum absolute atomic E-state index is 13.3. The van der Waals surface area contributed by atoms with E-state index in [4.69, 9.17) is 4.52 Å². The van der Waals surface area contributed by atoms with Gasteiger partial charge in [-0.15, -0.1) is 0 Å². The summed E-state index contributed by atoms with van der Waals surface area (Å²) in [6.45, 7) is 4.38. The first-order valence-electron chi connectivity index (χ1n) is 7.80. The fourth-order valence-electron chi connectivity index (χ4n) is 2.97. The van der Waals surface area contributed by atoms with Crippen molar-refractivity contribution in [1.82, 2.24) is 15.4 Å². The van der Waals surface area contributed by atoms with Crippen LogP contribution in [0.2, 0.25) is 0 Å². The van der Waals surface area contributed by atoms with Crippen LogP contribution in [0.5, 0.6) is 0 Å². The van der Waals surface area contributed by atoms with Crippen LogP contribution in [0, 0.1) is 12.7 Å². The summed E-state index contributed by atoms with van der Waals surface area (Å²) in [5.41, 5.74) is 1.55. The molecule has 1 aromatic carbocycles. The molecule has 1 saturated heterocycles. The van der Waals surface area contributed by atoms with Crippen molar-refractivity contribution in [2.24, 2.45) is 0 Å². The van der Waals surface area contributed by atoms with Gasteiger partial charge in [0, 0.05) is 12.6 Å². The van der Waals surface area contributed by atoms with Gasteiger partial charge in [-0.2, -0.15) is 0 Å². The molecule has 0 unspecified atom stereocenters. The molecule has 0 aliphatic carbocycles. The van der Waals surface area contributed by atoms with E-state index in [1.807, 2.05) is 19.9 Å². The highest BCUT2D eigenvalue weighted by Crippen LogP contribution is 2.32. The molecule has 23 heavy (non-hydrogen) atoms. The lowest BCUT2D eigenvalue weighted by Crippen LogP contribution is -2.40. The smallest absolute Gasteiger partial charge is 0.318 e. The SMILES string of the molecule is Cc1cc([C@H]2CCCN2C(=O)N[C@H](C)c2cccc(F)c2)on1. The quantitative estimate of drug-likeness (QED) is 0.938. The van der Waals surface area contributed by atoms with Gasteiger partial charge in [-0.3, -0.25) is 0 Å². The van der Waals surface area contributed by atoms with Gasteiger partial charge >= 0.3 is 6.03 Å². The predicted molar refractivity (Wildman–Crippen MR) is 83.3 cm³/mol. The number of rotatable bonds is 3. The number of nitrogens with one attached hydrogen (secondary N) is 1. The van der Waals surface area contributed by atoms with Crippen LogP contribution in [0.25, 0.3) is 0 Å². The summed E-state index contributed by atoms with van der Waals surface area (Å²) in [5, 5.41) is 6.83. The van der Waals surface area contributed by atoms with E-state index in [0.717, 1.165) is 24.1 Å². The Morgan fingerprint density at radius 2 is 2.30 bits per heavy atom. The van der Waals surface area contributed by atoms with Crippen molar-refractivity contribution in [3.8, 4) is 0 Å². The van der Waals surface area contributed by atoms with Gasteiger partial charge in [-0.25, -0.2) is 9.18 Å². The lowest BCUT2D eigenvalue weighted by molar-refractivity contribution is 0.179. The largest absolute Gasteiger partial charge is 0.359 e. The number of hydrogen-bond acceptors (Lipinski definition) is 3. The summed E-state index contributed by atoms with van der Waals surface area (Å²) in [6.07, 6.45) is 1.78. The first kappa shape index (κ1) is 15.5. The van der Waals surface area contributed by atoms with Gasteiger partial charge in [0.15, 0.2) is 5.76 Å². The summed E-state index contributed by atoms with van der Waals surface area (Å²) in [7, 11) is 0. The van der Waals surface area contributed by atoms with E-state index in [1.165, 1.54) is 12.1 Å². The molecule has 0 bridgehead atoms. The minimum atomic E-state index is -0.306. The Labute approximate surface area is 134 Å². The zero-order chi connectivity index (χ0) is 16.4. The van der Waals surface area contributed by atoms with Gasteiger partial charge in [0.25, 0.3) is 0 Å². The molecule has 2 atom stereocenters. The predicted octanol–water partition coefficient (Wildman–Crippen LogP) is 3.73. The van der Waals surface area contributed by atoms with Crippen LogP contribution in [0.15, 0.2) is 34.9 Å². The number of carbonyl (C=O) groups is 1. The highest BCUT2D eigenvalue weighted by atomic mass is 19.1. The van der Waals surface area contributed by atoms with Crippen LogP contribution in [0.3, 0.4) is 0 Å². The molecule has 1 aliphatic rings. The first-order valence-corrected chi connectivity index (χ1v) is 7.80. The molecule has 1 N–H and O–H groups in total. The summed E-state index contributed by atoms with van der Waals surface area (Å²) >= 11 is 0. The molecular formula is C17H20FN3O2.